The number of rotatable bonds is 5. The Balaban J connectivity index is 1.92. The van der Waals surface area contributed by atoms with Gasteiger partial charge in [-0.15, -0.1) is 0 Å². The van der Waals surface area contributed by atoms with Gasteiger partial charge in [0.25, 0.3) is 0 Å². The van der Waals surface area contributed by atoms with Gasteiger partial charge >= 0.3 is 0 Å². The third-order valence-electron chi connectivity index (χ3n) is 4.27. The molecule has 1 aliphatic heterocycles. The summed E-state index contributed by atoms with van der Waals surface area (Å²) in [5.74, 6) is 3.60. The zero-order valence-corrected chi connectivity index (χ0v) is 14.4. The van der Waals surface area contributed by atoms with Crippen molar-refractivity contribution in [3.8, 4) is 28.7 Å². The lowest BCUT2D eigenvalue weighted by molar-refractivity contribution is 0.175. The predicted octanol–water partition coefficient (Wildman–Crippen LogP) is 3.79. The van der Waals surface area contributed by atoms with Gasteiger partial charge in [0.05, 0.1) is 28.4 Å². The molecular formula is C19H22O5. The molecule has 0 aromatic heterocycles. The molecule has 24 heavy (non-hydrogen) atoms. The van der Waals surface area contributed by atoms with E-state index in [1.165, 1.54) is 0 Å². The number of fused-ring (bicyclic) bond motifs is 1. The van der Waals surface area contributed by atoms with Crippen LogP contribution in [0.1, 0.15) is 23.7 Å². The van der Waals surface area contributed by atoms with E-state index in [2.05, 4.69) is 0 Å². The quantitative estimate of drug-likeness (QED) is 0.835. The first-order chi connectivity index (χ1) is 11.7. The van der Waals surface area contributed by atoms with Crippen LogP contribution in [0.25, 0.3) is 0 Å². The van der Waals surface area contributed by atoms with E-state index < -0.39 is 0 Å². The molecule has 0 bridgehead atoms. The minimum Gasteiger partial charge on any atom is -0.497 e. The molecule has 1 atom stereocenters. The Morgan fingerprint density at radius 3 is 2.17 bits per heavy atom. The molecule has 0 radical (unpaired) electrons. The standard InChI is InChI=1S/C19H22O5/c1-20-14-6-8-15-12(9-14)5-7-16(24-15)13-10-17(21-2)19(23-4)18(11-13)22-3/h6,8-11,16H,5,7H2,1-4H3. The van der Waals surface area contributed by atoms with Crippen molar-refractivity contribution in [2.24, 2.45) is 0 Å². The highest BCUT2D eigenvalue weighted by molar-refractivity contribution is 5.54. The van der Waals surface area contributed by atoms with Crippen molar-refractivity contribution in [3.63, 3.8) is 0 Å². The summed E-state index contributed by atoms with van der Waals surface area (Å²) in [7, 11) is 6.50. The first-order valence-corrected chi connectivity index (χ1v) is 7.83. The summed E-state index contributed by atoms with van der Waals surface area (Å²) in [6.07, 6.45) is 1.74. The second-order valence-electron chi connectivity index (χ2n) is 5.58. The van der Waals surface area contributed by atoms with Crippen LogP contribution in [0.4, 0.5) is 0 Å². The van der Waals surface area contributed by atoms with E-state index in [-0.39, 0.29) is 6.10 Å². The lowest BCUT2D eigenvalue weighted by Gasteiger charge is -2.27. The fourth-order valence-electron chi connectivity index (χ4n) is 3.01. The normalized spacial score (nSPS) is 15.9. The average molecular weight is 330 g/mol. The maximum atomic E-state index is 6.18. The van der Waals surface area contributed by atoms with Gasteiger partial charge in [-0.05, 0) is 54.3 Å². The van der Waals surface area contributed by atoms with Crippen LogP contribution in [0.2, 0.25) is 0 Å². The van der Waals surface area contributed by atoms with Gasteiger partial charge in [0.2, 0.25) is 5.75 Å². The molecule has 2 aromatic carbocycles. The first-order valence-electron chi connectivity index (χ1n) is 7.83. The van der Waals surface area contributed by atoms with E-state index in [1.54, 1.807) is 28.4 Å². The molecule has 0 saturated carbocycles. The first kappa shape index (κ1) is 16.3. The number of hydrogen-bond acceptors (Lipinski definition) is 5. The molecule has 0 spiro atoms. The minimum atomic E-state index is -0.0559. The maximum absolute atomic E-state index is 6.18. The number of aryl methyl sites for hydroxylation is 1. The van der Waals surface area contributed by atoms with Gasteiger partial charge in [-0.25, -0.2) is 0 Å². The lowest BCUT2D eigenvalue weighted by Crippen LogP contribution is -2.15. The topological polar surface area (TPSA) is 46.2 Å². The summed E-state index contributed by atoms with van der Waals surface area (Å²) in [5.41, 5.74) is 2.17. The SMILES string of the molecule is COc1ccc2c(c1)CCC(c1cc(OC)c(OC)c(OC)c1)O2. The molecule has 0 fully saturated rings. The van der Waals surface area contributed by atoms with Crippen LogP contribution in [-0.2, 0) is 6.42 Å². The fraction of sp³-hybridized carbons (Fsp3) is 0.368. The second-order valence-corrected chi connectivity index (χ2v) is 5.58. The Labute approximate surface area is 142 Å². The summed E-state index contributed by atoms with van der Waals surface area (Å²) in [4.78, 5) is 0. The highest BCUT2D eigenvalue weighted by Crippen LogP contribution is 2.43. The number of benzene rings is 2. The van der Waals surface area contributed by atoms with Crippen molar-refractivity contribution in [2.75, 3.05) is 28.4 Å². The van der Waals surface area contributed by atoms with E-state index >= 15 is 0 Å². The Morgan fingerprint density at radius 2 is 1.58 bits per heavy atom. The van der Waals surface area contributed by atoms with E-state index in [4.69, 9.17) is 23.7 Å². The van der Waals surface area contributed by atoms with E-state index in [9.17, 15) is 0 Å². The van der Waals surface area contributed by atoms with Gasteiger partial charge in [-0.3, -0.25) is 0 Å². The molecule has 0 amide bonds. The third-order valence-corrected chi connectivity index (χ3v) is 4.27. The van der Waals surface area contributed by atoms with Crippen molar-refractivity contribution in [1.29, 1.82) is 0 Å². The Kier molecular flexibility index (Phi) is 4.69. The monoisotopic (exact) mass is 330 g/mol. The van der Waals surface area contributed by atoms with Crippen LogP contribution in [0.15, 0.2) is 30.3 Å². The summed E-state index contributed by atoms with van der Waals surface area (Å²) >= 11 is 0. The van der Waals surface area contributed by atoms with Crippen molar-refractivity contribution in [3.05, 3.63) is 41.5 Å². The largest absolute Gasteiger partial charge is 0.497 e. The Hall–Kier alpha value is -2.56. The number of ether oxygens (including phenoxy) is 5. The molecule has 0 aliphatic carbocycles. The van der Waals surface area contributed by atoms with Gasteiger partial charge in [0.15, 0.2) is 11.5 Å². The third kappa shape index (κ3) is 2.94. The fourth-order valence-corrected chi connectivity index (χ4v) is 3.01. The predicted molar refractivity (Wildman–Crippen MR) is 90.8 cm³/mol. The van der Waals surface area contributed by atoms with Crippen LogP contribution in [0, 0.1) is 0 Å². The molecule has 128 valence electrons. The van der Waals surface area contributed by atoms with Gasteiger partial charge in [-0.1, -0.05) is 0 Å². The van der Waals surface area contributed by atoms with Crippen LogP contribution < -0.4 is 23.7 Å². The maximum Gasteiger partial charge on any atom is 0.203 e. The molecule has 5 nitrogen and oxygen atoms in total. The van der Waals surface area contributed by atoms with Crippen LogP contribution in [0.5, 0.6) is 28.7 Å². The average Bonchev–Trinajstić information content (AvgIpc) is 2.65. The van der Waals surface area contributed by atoms with Gasteiger partial charge in [0.1, 0.15) is 17.6 Å². The smallest absolute Gasteiger partial charge is 0.203 e. The molecule has 1 heterocycles. The Morgan fingerprint density at radius 1 is 0.875 bits per heavy atom. The Bertz CT molecular complexity index is 701. The summed E-state index contributed by atoms with van der Waals surface area (Å²) < 4.78 is 27.7. The summed E-state index contributed by atoms with van der Waals surface area (Å²) in [5, 5.41) is 0. The number of methoxy groups -OCH3 is 4. The zero-order valence-electron chi connectivity index (χ0n) is 14.4. The molecule has 2 aromatic rings. The van der Waals surface area contributed by atoms with E-state index in [1.807, 2.05) is 30.3 Å². The molecule has 1 aliphatic rings. The van der Waals surface area contributed by atoms with Crippen molar-refractivity contribution >= 4 is 0 Å². The van der Waals surface area contributed by atoms with Crippen molar-refractivity contribution < 1.29 is 23.7 Å². The van der Waals surface area contributed by atoms with Gasteiger partial charge < -0.3 is 23.7 Å². The highest BCUT2D eigenvalue weighted by atomic mass is 16.5. The van der Waals surface area contributed by atoms with Crippen LogP contribution in [-0.4, -0.2) is 28.4 Å². The van der Waals surface area contributed by atoms with Crippen molar-refractivity contribution in [1.82, 2.24) is 0 Å². The van der Waals surface area contributed by atoms with Crippen LogP contribution >= 0.6 is 0 Å². The summed E-state index contributed by atoms with van der Waals surface area (Å²) in [6, 6.07) is 9.79. The second kappa shape index (κ2) is 6.91. The molecule has 0 N–H and O–H groups in total. The molecular weight excluding hydrogens is 308 g/mol. The molecule has 0 saturated heterocycles. The lowest BCUT2D eigenvalue weighted by atomic mass is 9.96. The highest BCUT2D eigenvalue weighted by Gasteiger charge is 2.24. The van der Waals surface area contributed by atoms with Crippen LogP contribution in [0.3, 0.4) is 0 Å². The minimum absolute atomic E-state index is 0.0559. The molecule has 3 rings (SSSR count). The van der Waals surface area contributed by atoms with E-state index in [0.29, 0.717) is 17.2 Å². The molecule has 5 heteroatoms. The van der Waals surface area contributed by atoms with Gasteiger partial charge in [0, 0.05) is 0 Å². The summed E-state index contributed by atoms with van der Waals surface area (Å²) in [6.45, 7) is 0. The van der Waals surface area contributed by atoms with Gasteiger partial charge in [-0.2, -0.15) is 0 Å². The number of hydrogen-bond donors (Lipinski definition) is 0. The zero-order chi connectivity index (χ0) is 17.1. The van der Waals surface area contributed by atoms with E-state index in [0.717, 1.165) is 35.5 Å². The molecule has 1 unspecified atom stereocenters. The van der Waals surface area contributed by atoms with Crippen molar-refractivity contribution in [2.45, 2.75) is 18.9 Å².